The lowest BCUT2D eigenvalue weighted by molar-refractivity contribution is -0.132. The number of carbonyl (C=O) groups is 2. The number of hydrogen-bond donors (Lipinski definition) is 1. The highest BCUT2D eigenvalue weighted by Gasteiger charge is 2.51. The molecule has 2 aromatic carbocycles. The van der Waals surface area contributed by atoms with Gasteiger partial charge in [0.15, 0.2) is 0 Å². The van der Waals surface area contributed by atoms with Gasteiger partial charge in [-0.05, 0) is 48.4 Å². The van der Waals surface area contributed by atoms with E-state index in [4.69, 9.17) is 9.47 Å². The van der Waals surface area contributed by atoms with Crippen LogP contribution >= 0.6 is 0 Å². The molecule has 0 unspecified atom stereocenters. The first-order valence-electron chi connectivity index (χ1n) is 8.67. The fourth-order valence-electron chi connectivity index (χ4n) is 3.13. The summed E-state index contributed by atoms with van der Waals surface area (Å²) >= 11 is 0. The number of rotatable bonds is 7. The summed E-state index contributed by atoms with van der Waals surface area (Å²) in [5.41, 5.74) is -0.617. The Morgan fingerprint density at radius 1 is 1.04 bits per heavy atom. The minimum Gasteiger partial charge on any atom is -0.497 e. The van der Waals surface area contributed by atoms with Crippen LogP contribution in [0.4, 0.5) is 9.18 Å². The van der Waals surface area contributed by atoms with E-state index in [0.29, 0.717) is 23.5 Å². The predicted octanol–water partition coefficient (Wildman–Crippen LogP) is 3.07. The monoisotopic (exact) mass is 372 g/mol. The van der Waals surface area contributed by atoms with Gasteiger partial charge in [-0.2, -0.15) is 0 Å². The average molecular weight is 372 g/mol. The van der Waals surface area contributed by atoms with Crippen LogP contribution in [0.15, 0.2) is 48.5 Å². The standard InChI is InChI=1S/C20H21FN2O4/c1-3-20(14-4-6-15(21)7-5-14)18(24)23(19(25)22-20)12-13-27-17-10-8-16(26-2)9-11-17/h4-11H,3,12-13H2,1-2H3,(H,22,25)/t20-/m1/s1. The Morgan fingerprint density at radius 2 is 1.67 bits per heavy atom. The number of nitrogens with zero attached hydrogens (tertiary/aromatic N) is 1. The number of urea groups is 1. The Hall–Kier alpha value is -3.09. The van der Waals surface area contributed by atoms with Crippen LogP contribution in [-0.4, -0.2) is 37.1 Å². The SMILES string of the molecule is CC[C@]1(c2ccc(F)cc2)NC(=O)N(CCOc2ccc(OC)cc2)C1=O. The second kappa shape index (κ2) is 7.65. The molecule has 3 amide bonds. The van der Waals surface area contributed by atoms with Crippen LogP contribution in [0.2, 0.25) is 0 Å². The van der Waals surface area contributed by atoms with Crippen molar-refractivity contribution in [1.82, 2.24) is 10.2 Å². The first-order valence-corrected chi connectivity index (χ1v) is 8.67. The zero-order valence-corrected chi connectivity index (χ0v) is 15.2. The third kappa shape index (κ3) is 3.58. The van der Waals surface area contributed by atoms with Gasteiger partial charge in [-0.15, -0.1) is 0 Å². The minimum atomic E-state index is -1.18. The van der Waals surface area contributed by atoms with Crippen molar-refractivity contribution in [2.45, 2.75) is 18.9 Å². The van der Waals surface area contributed by atoms with Crippen LogP contribution in [0.1, 0.15) is 18.9 Å². The summed E-state index contributed by atoms with van der Waals surface area (Å²) in [4.78, 5) is 26.5. The van der Waals surface area contributed by atoms with Gasteiger partial charge < -0.3 is 14.8 Å². The number of hydrogen-bond acceptors (Lipinski definition) is 4. The van der Waals surface area contributed by atoms with Gasteiger partial charge in [-0.3, -0.25) is 9.69 Å². The third-order valence-corrected chi connectivity index (χ3v) is 4.69. The van der Waals surface area contributed by atoms with E-state index in [9.17, 15) is 14.0 Å². The number of methoxy groups -OCH3 is 1. The van der Waals surface area contributed by atoms with E-state index in [1.807, 2.05) is 0 Å². The van der Waals surface area contributed by atoms with Gasteiger partial charge in [0.25, 0.3) is 5.91 Å². The Kier molecular flexibility index (Phi) is 5.30. The van der Waals surface area contributed by atoms with E-state index in [1.165, 1.54) is 24.3 Å². The van der Waals surface area contributed by atoms with Gasteiger partial charge in [-0.25, -0.2) is 9.18 Å². The lowest BCUT2D eigenvalue weighted by atomic mass is 9.87. The van der Waals surface area contributed by atoms with Gasteiger partial charge in [0.1, 0.15) is 29.5 Å². The Morgan fingerprint density at radius 3 is 2.26 bits per heavy atom. The van der Waals surface area contributed by atoms with Crippen molar-refractivity contribution in [1.29, 1.82) is 0 Å². The summed E-state index contributed by atoms with van der Waals surface area (Å²) in [5, 5.41) is 2.76. The van der Waals surface area contributed by atoms with Gasteiger partial charge in [0.05, 0.1) is 13.7 Å². The van der Waals surface area contributed by atoms with Gasteiger partial charge in [0.2, 0.25) is 0 Å². The normalized spacial score (nSPS) is 19.1. The van der Waals surface area contributed by atoms with Crippen LogP contribution in [0.3, 0.4) is 0 Å². The lowest BCUT2D eigenvalue weighted by Crippen LogP contribution is -2.43. The van der Waals surface area contributed by atoms with Crippen LogP contribution in [-0.2, 0) is 10.3 Å². The Bertz CT molecular complexity index is 823. The molecule has 1 fully saturated rings. The van der Waals surface area contributed by atoms with Crippen molar-refractivity contribution in [2.75, 3.05) is 20.3 Å². The largest absolute Gasteiger partial charge is 0.497 e. The molecule has 1 aliphatic heterocycles. The highest BCUT2D eigenvalue weighted by molar-refractivity contribution is 6.07. The summed E-state index contributed by atoms with van der Waals surface area (Å²) in [7, 11) is 1.58. The van der Waals surface area contributed by atoms with E-state index >= 15 is 0 Å². The maximum atomic E-state index is 13.2. The Labute approximate surface area is 156 Å². The van der Waals surface area contributed by atoms with Gasteiger partial charge >= 0.3 is 6.03 Å². The summed E-state index contributed by atoms with van der Waals surface area (Å²) in [5.74, 6) is 0.568. The van der Waals surface area contributed by atoms with Gasteiger partial charge in [0, 0.05) is 0 Å². The fourth-order valence-corrected chi connectivity index (χ4v) is 3.13. The highest BCUT2D eigenvalue weighted by atomic mass is 19.1. The number of ether oxygens (including phenoxy) is 2. The number of amides is 3. The number of halogens is 1. The molecule has 27 heavy (non-hydrogen) atoms. The quantitative estimate of drug-likeness (QED) is 0.759. The van der Waals surface area contributed by atoms with Crippen molar-refractivity contribution in [3.63, 3.8) is 0 Å². The number of carbonyl (C=O) groups excluding carboxylic acids is 2. The second-order valence-corrected chi connectivity index (χ2v) is 6.18. The zero-order chi connectivity index (χ0) is 19.4. The lowest BCUT2D eigenvalue weighted by Gasteiger charge is -2.25. The number of benzene rings is 2. The van der Waals surface area contributed by atoms with Crippen LogP contribution < -0.4 is 14.8 Å². The van der Waals surface area contributed by atoms with E-state index in [0.717, 1.165) is 4.90 Å². The second-order valence-electron chi connectivity index (χ2n) is 6.18. The smallest absolute Gasteiger partial charge is 0.325 e. The summed E-state index contributed by atoms with van der Waals surface area (Å²) < 4.78 is 23.9. The van der Waals surface area contributed by atoms with E-state index in [2.05, 4.69) is 5.32 Å². The summed E-state index contributed by atoms with van der Waals surface area (Å²) in [6.07, 6.45) is 0.360. The van der Waals surface area contributed by atoms with Crippen molar-refractivity contribution in [2.24, 2.45) is 0 Å². The molecule has 0 aliphatic carbocycles. The maximum absolute atomic E-state index is 13.2. The minimum absolute atomic E-state index is 0.111. The van der Waals surface area contributed by atoms with Crippen LogP contribution in [0.5, 0.6) is 11.5 Å². The molecule has 3 rings (SSSR count). The molecule has 0 bridgehead atoms. The zero-order valence-electron chi connectivity index (χ0n) is 15.2. The van der Waals surface area contributed by atoms with E-state index in [1.54, 1.807) is 38.3 Å². The molecule has 6 nitrogen and oxygen atoms in total. The number of imide groups is 1. The molecule has 142 valence electrons. The summed E-state index contributed by atoms with van der Waals surface area (Å²) in [6.45, 7) is 2.08. The molecule has 2 aromatic rings. The van der Waals surface area contributed by atoms with Crippen LogP contribution in [0, 0.1) is 5.82 Å². The first-order chi connectivity index (χ1) is 13.0. The molecule has 1 heterocycles. The summed E-state index contributed by atoms with van der Waals surface area (Å²) in [6, 6.07) is 12.1. The molecule has 0 saturated carbocycles. The van der Waals surface area contributed by atoms with Crippen molar-refractivity contribution in [3.8, 4) is 11.5 Å². The van der Waals surface area contributed by atoms with Gasteiger partial charge in [-0.1, -0.05) is 19.1 Å². The van der Waals surface area contributed by atoms with Crippen molar-refractivity contribution < 1.29 is 23.5 Å². The molecule has 1 atom stereocenters. The van der Waals surface area contributed by atoms with Crippen molar-refractivity contribution >= 4 is 11.9 Å². The highest BCUT2D eigenvalue weighted by Crippen LogP contribution is 2.32. The molecule has 7 heteroatoms. The molecule has 0 spiro atoms. The molecule has 1 aliphatic rings. The average Bonchev–Trinajstić information content (AvgIpc) is 2.94. The van der Waals surface area contributed by atoms with Crippen LogP contribution in [0.25, 0.3) is 0 Å². The first kappa shape index (κ1) is 18.7. The van der Waals surface area contributed by atoms with E-state index in [-0.39, 0.29) is 19.1 Å². The molecule has 0 aromatic heterocycles. The van der Waals surface area contributed by atoms with E-state index < -0.39 is 17.4 Å². The fraction of sp³-hybridized carbons (Fsp3) is 0.300. The maximum Gasteiger partial charge on any atom is 0.325 e. The topological polar surface area (TPSA) is 67.9 Å². The molecule has 1 N–H and O–H groups in total. The molecular formula is C20H21FN2O4. The van der Waals surface area contributed by atoms with Crippen molar-refractivity contribution in [3.05, 3.63) is 59.9 Å². The number of nitrogens with one attached hydrogen (secondary N) is 1. The Balaban J connectivity index is 1.68. The molecule has 1 saturated heterocycles. The molecule has 0 radical (unpaired) electrons. The third-order valence-electron chi connectivity index (χ3n) is 4.69. The predicted molar refractivity (Wildman–Crippen MR) is 97.1 cm³/mol. The molecular weight excluding hydrogens is 351 g/mol.